The van der Waals surface area contributed by atoms with Crippen molar-refractivity contribution in [2.45, 2.75) is 9.79 Å². The van der Waals surface area contributed by atoms with Crippen molar-refractivity contribution in [3.8, 4) is 11.5 Å². The molecule has 10 N–H and O–H groups in total. The van der Waals surface area contributed by atoms with Crippen LogP contribution in [0.15, 0.2) is 80.7 Å². The number of hydrogen-bond acceptors (Lipinski definition) is 8. The molecule has 0 aromatic heterocycles. The van der Waals surface area contributed by atoms with E-state index in [9.17, 15) is 36.2 Å². The van der Waals surface area contributed by atoms with Crippen LogP contribution in [0.25, 0.3) is 21.5 Å². The molecule has 0 aliphatic heterocycles. The van der Waals surface area contributed by atoms with Crippen LogP contribution >= 0.6 is 0 Å². The minimum Gasteiger partial charge on any atom is -0.506 e. The fourth-order valence-corrected chi connectivity index (χ4v) is 4.79. The maximum atomic E-state index is 11.7. The molecule has 4 rings (SSSR count). The molecule has 13 nitrogen and oxygen atoms in total. The van der Waals surface area contributed by atoms with Crippen molar-refractivity contribution < 1.29 is 99.5 Å². The van der Waals surface area contributed by atoms with Gasteiger partial charge in [0, 0.05) is 39.6 Å². The number of azo groups is 1. The van der Waals surface area contributed by atoms with Crippen molar-refractivity contribution in [1.82, 2.24) is 0 Å². The van der Waals surface area contributed by atoms with Gasteiger partial charge in [-0.2, -0.15) is 16.8 Å². The first-order valence-electron chi connectivity index (χ1n) is 8.84. The Morgan fingerprint density at radius 1 is 0.676 bits per heavy atom. The molecule has 0 heterocycles. The number of hydrogen-bond donors (Lipinski definition) is 4. The number of benzene rings is 4. The zero-order valence-electron chi connectivity index (χ0n) is 18.8. The fraction of sp³-hybridized carbons (Fsp3) is 0. The SMILES string of the molecule is O.O.O.O=S(=O)(O)c1cc(O)c(N=Nc2ccc3cccc(S(=O)(=O)O)c3c2O)c2ccccc12.[Cr].[Na+]. The number of phenolic OH excluding ortho intramolecular Hbond substituents is 2. The summed E-state index contributed by atoms with van der Waals surface area (Å²) in [5.74, 6) is -1.17. The van der Waals surface area contributed by atoms with Crippen LogP contribution in [-0.4, -0.2) is 52.6 Å². The minimum absolute atomic E-state index is 0. The van der Waals surface area contributed by atoms with E-state index < -0.39 is 41.5 Å². The molecule has 0 saturated carbocycles. The Labute approximate surface area is 243 Å². The second kappa shape index (κ2) is 13.6. The summed E-state index contributed by atoms with van der Waals surface area (Å²) in [6, 6.07) is 13.6. The molecule has 0 bridgehead atoms. The van der Waals surface area contributed by atoms with E-state index in [2.05, 4.69) is 10.2 Å². The predicted octanol–water partition coefficient (Wildman–Crippen LogP) is -1.16. The number of nitrogens with zero attached hydrogens (tertiary/aromatic N) is 2. The average molecular weight is 604 g/mol. The standard InChI is InChI=1S/C20H14N2O8S2.Cr.Na.3H2O/c23-15-10-17(32(28,29)30)12-5-1-2-6-13(12)19(15)22-21-14-9-8-11-4-3-7-16(31(25,26)27)18(11)20(14)24;;;;;/h1-10,23-24H,(H,25,26,27)(H,28,29,30);;;3*1H2/q;;+1;;;. The quantitative estimate of drug-likeness (QED) is 0.125. The van der Waals surface area contributed by atoms with Gasteiger partial charge in [0.25, 0.3) is 20.2 Å². The van der Waals surface area contributed by atoms with Crippen molar-refractivity contribution in [3.63, 3.8) is 0 Å². The van der Waals surface area contributed by atoms with E-state index in [4.69, 9.17) is 0 Å². The molecule has 0 saturated heterocycles. The Kier molecular flexibility index (Phi) is 13.6. The maximum absolute atomic E-state index is 11.7. The Balaban J connectivity index is 0. The van der Waals surface area contributed by atoms with Gasteiger partial charge >= 0.3 is 29.6 Å². The van der Waals surface area contributed by atoms with Crippen molar-refractivity contribution in [1.29, 1.82) is 0 Å². The molecule has 17 heteroatoms. The Hall–Kier alpha value is -2.17. The molecule has 4 aromatic rings. The summed E-state index contributed by atoms with van der Waals surface area (Å²) in [4.78, 5) is -1.04. The Morgan fingerprint density at radius 2 is 1.24 bits per heavy atom. The monoisotopic (exact) mass is 603 g/mol. The molecule has 0 amide bonds. The van der Waals surface area contributed by atoms with Crippen molar-refractivity contribution in [2.24, 2.45) is 10.2 Å². The first-order valence-corrected chi connectivity index (χ1v) is 11.7. The molecule has 37 heavy (non-hydrogen) atoms. The molecular weight excluding hydrogens is 583 g/mol. The first kappa shape index (κ1) is 37.0. The normalized spacial score (nSPS) is 11.0. The first-order chi connectivity index (χ1) is 15.0. The van der Waals surface area contributed by atoms with Crippen LogP contribution < -0.4 is 29.6 Å². The van der Waals surface area contributed by atoms with Crippen LogP contribution in [0.2, 0.25) is 0 Å². The van der Waals surface area contributed by atoms with Gasteiger partial charge in [0.2, 0.25) is 0 Å². The molecule has 0 radical (unpaired) electrons. The van der Waals surface area contributed by atoms with Crippen molar-refractivity contribution >= 4 is 53.2 Å². The summed E-state index contributed by atoms with van der Waals surface area (Å²) in [7, 11) is -9.28. The van der Waals surface area contributed by atoms with Gasteiger partial charge < -0.3 is 26.6 Å². The fourth-order valence-electron chi connectivity index (χ4n) is 3.35. The molecule has 0 aliphatic carbocycles. The summed E-state index contributed by atoms with van der Waals surface area (Å²) in [5, 5.41) is 29.1. The van der Waals surface area contributed by atoms with Gasteiger partial charge in [-0.05, 0) is 17.5 Å². The van der Waals surface area contributed by atoms with Crippen molar-refractivity contribution in [3.05, 3.63) is 60.7 Å². The van der Waals surface area contributed by atoms with Crippen LogP contribution in [0.3, 0.4) is 0 Å². The predicted molar refractivity (Wildman–Crippen MR) is 126 cm³/mol. The molecular formula is C20H20CrN2NaO11S2+. The number of fused-ring (bicyclic) bond motifs is 2. The van der Waals surface area contributed by atoms with Crippen LogP contribution in [-0.2, 0) is 37.6 Å². The van der Waals surface area contributed by atoms with Gasteiger partial charge in [-0.1, -0.05) is 42.5 Å². The van der Waals surface area contributed by atoms with E-state index in [0.717, 1.165) is 12.1 Å². The van der Waals surface area contributed by atoms with E-state index in [1.165, 1.54) is 42.5 Å². The molecule has 0 atom stereocenters. The summed E-state index contributed by atoms with van der Waals surface area (Å²) in [5.41, 5.74) is -0.313. The van der Waals surface area contributed by atoms with Gasteiger partial charge in [0.05, 0.1) is 0 Å². The average Bonchev–Trinajstić information content (AvgIpc) is 2.72. The zero-order valence-corrected chi connectivity index (χ0v) is 23.7. The summed E-state index contributed by atoms with van der Waals surface area (Å²) < 4.78 is 65.6. The molecule has 0 aliphatic rings. The minimum atomic E-state index is -4.64. The second-order valence-electron chi connectivity index (χ2n) is 6.73. The third-order valence-corrected chi connectivity index (χ3v) is 6.52. The van der Waals surface area contributed by atoms with Gasteiger partial charge in [-0.15, -0.1) is 10.2 Å². The topological polar surface area (TPSA) is 268 Å². The molecule has 0 unspecified atom stereocenters. The number of rotatable bonds is 4. The zero-order chi connectivity index (χ0) is 23.3. The smallest absolute Gasteiger partial charge is 0.506 e. The van der Waals surface area contributed by atoms with E-state index >= 15 is 0 Å². The molecule has 194 valence electrons. The van der Waals surface area contributed by atoms with E-state index in [-0.39, 0.29) is 90.9 Å². The third kappa shape index (κ3) is 7.24. The van der Waals surface area contributed by atoms with Gasteiger partial charge in [-0.25, -0.2) is 0 Å². The number of aromatic hydroxyl groups is 2. The van der Waals surface area contributed by atoms with Gasteiger partial charge in [0.15, 0.2) is 5.75 Å². The van der Waals surface area contributed by atoms with E-state index in [1.54, 1.807) is 6.07 Å². The van der Waals surface area contributed by atoms with Gasteiger partial charge in [-0.3, -0.25) is 9.11 Å². The summed E-state index contributed by atoms with van der Waals surface area (Å²) in [6.07, 6.45) is 0. The van der Waals surface area contributed by atoms with E-state index in [1.807, 2.05) is 0 Å². The van der Waals surface area contributed by atoms with Crippen LogP contribution in [0.5, 0.6) is 11.5 Å². The summed E-state index contributed by atoms with van der Waals surface area (Å²) >= 11 is 0. The van der Waals surface area contributed by atoms with Gasteiger partial charge in [0.1, 0.15) is 26.9 Å². The molecule has 0 fully saturated rings. The summed E-state index contributed by atoms with van der Waals surface area (Å²) in [6.45, 7) is 0. The third-order valence-electron chi connectivity index (χ3n) is 4.73. The van der Waals surface area contributed by atoms with Crippen LogP contribution in [0, 0.1) is 0 Å². The molecule has 0 spiro atoms. The maximum Gasteiger partial charge on any atom is 1.00 e. The van der Waals surface area contributed by atoms with Crippen molar-refractivity contribution in [2.75, 3.05) is 0 Å². The van der Waals surface area contributed by atoms with Crippen LogP contribution in [0.4, 0.5) is 11.4 Å². The largest absolute Gasteiger partial charge is 1.00 e. The number of phenols is 2. The van der Waals surface area contributed by atoms with E-state index in [0.29, 0.717) is 5.39 Å². The molecule has 4 aromatic carbocycles. The Bertz CT molecular complexity index is 1660. The second-order valence-corrected chi connectivity index (χ2v) is 9.51. The van der Waals surface area contributed by atoms with Crippen LogP contribution in [0.1, 0.15) is 0 Å². The Morgan fingerprint density at radius 3 is 1.81 bits per heavy atom.